The number of rotatable bonds is 4. The molecule has 1 aromatic heterocycles. The molecule has 8 nitrogen and oxygen atoms in total. The van der Waals surface area contributed by atoms with Crippen LogP contribution in [0.5, 0.6) is 11.5 Å². The molecule has 8 heteroatoms. The molecule has 1 aromatic carbocycles. The lowest BCUT2D eigenvalue weighted by molar-refractivity contribution is -0.116. The Labute approximate surface area is 156 Å². The van der Waals surface area contributed by atoms with Gasteiger partial charge in [-0.1, -0.05) is 6.07 Å². The summed E-state index contributed by atoms with van der Waals surface area (Å²) >= 11 is 0. The molecule has 0 unspecified atom stereocenters. The molecule has 0 radical (unpaired) electrons. The molecule has 1 N–H and O–H groups in total. The number of anilines is 2. The Morgan fingerprint density at radius 2 is 2.00 bits per heavy atom. The maximum atomic E-state index is 12.7. The molecule has 0 bridgehead atoms. The van der Waals surface area contributed by atoms with Gasteiger partial charge in [0.05, 0.1) is 0 Å². The van der Waals surface area contributed by atoms with Crippen LogP contribution in [-0.4, -0.2) is 54.7 Å². The van der Waals surface area contributed by atoms with Crippen LogP contribution < -0.4 is 19.7 Å². The molecule has 140 valence electrons. The summed E-state index contributed by atoms with van der Waals surface area (Å²) in [5, 5.41) is 2.75. The third kappa shape index (κ3) is 3.51. The number of aromatic nitrogens is 1. The normalized spacial score (nSPS) is 15.8. The van der Waals surface area contributed by atoms with Gasteiger partial charge in [0.15, 0.2) is 11.5 Å². The quantitative estimate of drug-likeness (QED) is 0.893. The molecule has 2 aromatic rings. The summed E-state index contributed by atoms with van der Waals surface area (Å²) in [6.07, 6.45) is 1.62. The lowest BCUT2D eigenvalue weighted by Gasteiger charge is -2.22. The van der Waals surface area contributed by atoms with Gasteiger partial charge in [-0.2, -0.15) is 0 Å². The Hall–Kier alpha value is -3.29. The Balaban J connectivity index is 1.41. The lowest BCUT2D eigenvalue weighted by atomic mass is 10.2. The van der Waals surface area contributed by atoms with Gasteiger partial charge in [-0.15, -0.1) is 0 Å². The number of hydrogen-bond acceptors (Lipinski definition) is 5. The summed E-state index contributed by atoms with van der Waals surface area (Å²) in [5.41, 5.74) is 1.60. The molecule has 3 heterocycles. The minimum Gasteiger partial charge on any atom is -0.486 e. The van der Waals surface area contributed by atoms with Crippen LogP contribution in [0, 0.1) is 6.92 Å². The first-order valence-corrected chi connectivity index (χ1v) is 8.79. The zero-order valence-corrected chi connectivity index (χ0v) is 15.0. The average Bonchev–Trinajstić information content (AvgIpc) is 3.03. The predicted molar refractivity (Wildman–Crippen MR) is 99.4 cm³/mol. The van der Waals surface area contributed by atoms with Crippen molar-refractivity contribution in [3.63, 3.8) is 0 Å². The first-order chi connectivity index (χ1) is 13.1. The fraction of sp³-hybridized carbons (Fsp3) is 0.316. The van der Waals surface area contributed by atoms with Crippen LogP contribution in [0.2, 0.25) is 0 Å². The lowest BCUT2D eigenvalue weighted by Crippen LogP contribution is -2.37. The highest BCUT2D eigenvalue weighted by atomic mass is 16.6. The number of hydrogen-bond donors (Lipinski definition) is 1. The number of urea groups is 1. The van der Waals surface area contributed by atoms with E-state index >= 15 is 0 Å². The highest BCUT2D eigenvalue weighted by Crippen LogP contribution is 2.34. The van der Waals surface area contributed by atoms with E-state index in [1.165, 1.54) is 4.90 Å². The summed E-state index contributed by atoms with van der Waals surface area (Å²) in [4.78, 5) is 32.3. The number of pyridine rings is 1. The van der Waals surface area contributed by atoms with E-state index in [1.54, 1.807) is 29.3 Å². The van der Waals surface area contributed by atoms with Gasteiger partial charge in [-0.05, 0) is 30.7 Å². The second kappa shape index (κ2) is 7.14. The largest absolute Gasteiger partial charge is 0.486 e. The Bertz CT molecular complexity index is 886. The summed E-state index contributed by atoms with van der Waals surface area (Å²) < 4.78 is 11.1. The van der Waals surface area contributed by atoms with Crippen LogP contribution >= 0.6 is 0 Å². The van der Waals surface area contributed by atoms with Gasteiger partial charge in [0.2, 0.25) is 5.91 Å². The standard InChI is InChI=1S/C19H20N4O4/c1-13-3-2-6-20-18(13)21-17(24)12-22-7-8-23(19(22)25)14-4-5-15-16(11-14)27-10-9-26-15/h2-6,11H,7-10,12H2,1H3,(H,20,21,24). The van der Waals surface area contributed by atoms with Crippen LogP contribution in [0.15, 0.2) is 36.5 Å². The fourth-order valence-electron chi connectivity index (χ4n) is 3.13. The second-order valence-corrected chi connectivity index (χ2v) is 6.40. The van der Waals surface area contributed by atoms with Gasteiger partial charge in [0.25, 0.3) is 0 Å². The molecule has 0 aliphatic carbocycles. The van der Waals surface area contributed by atoms with Gasteiger partial charge in [-0.3, -0.25) is 9.69 Å². The molecule has 27 heavy (non-hydrogen) atoms. The molecule has 0 spiro atoms. The zero-order valence-electron chi connectivity index (χ0n) is 15.0. The van der Waals surface area contributed by atoms with E-state index in [0.29, 0.717) is 43.6 Å². The highest BCUT2D eigenvalue weighted by molar-refractivity contribution is 5.99. The summed E-state index contributed by atoms with van der Waals surface area (Å²) in [7, 11) is 0. The molecule has 2 aliphatic rings. The van der Waals surface area contributed by atoms with E-state index < -0.39 is 0 Å². The first-order valence-electron chi connectivity index (χ1n) is 8.79. The van der Waals surface area contributed by atoms with Gasteiger partial charge in [-0.25, -0.2) is 9.78 Å². The maximum absolute atomic E-state index is 12.7. The summed E-state index contributed by atoms with van der Waals surface area (Å²) in [6, 6.07) is 8.89. The van der Waals surface area contributed by atoms with Crippen LogP contribution in [0.4, 0.5) is 16.3 Å². The topological polar surface area (TPSA) is 84.0 Å². The number of carbonyl (C=O) groups excluding carboxylic acids is 2. The molecular formula is C19H20N4O4. The molecule has 2 aliphatic heterocycles. The number of ether oxygens (including phenoxy) is 2. The van der Waals surface area contributed by atoms with Crippen molar-refractivity contribution >= 4 is 23.4 Å². The molecular weight excluding hydrogens is 348 g/mol. The van der Waals surface area contributed by atoms with E-state index in [4.69, 9.17) is 9.47 Å². The maximum Gasteiger partial charge on any atom is 0.325 e. The Morgan fingerprint density at radius 3 is 2.81 bits per heavy atom. The zero-order chi connectivity index (χ0) is 18.8. The number of aryl methyl sites for hydroxylation is 1. The van der Waals surface area contributed by atoms with Crippen molar-refractivity contribution in [2.45, 2.75) is 6.92 Å². The Kier molecular flexibility index (Phi) is 4.53. The van der Waals surface area contributed by atoms with Crippen LogP contribution in [0.3, 0.4) is 0 Å². The molecule has 1 saturated heterocycles. The molecule has 1 fully saturated rings. The third-order valence-electron chi connectivity index (χ3n) is 4.53. The third-order valence-corrected chi connectivity index (χ3v) is 4.53. The van der Waals surface area contributed by atoms with Crippen LogP contribution in [0.1, 0.15) is 5.56 Å². The minimum atomic E-state index is -0.269. The number of benzene rings is 1. The highest BCUT2D eigenvalue weighted by Gasteiger charge is 2.31. The molecule has 0 atom stereocenters. The van der Waals surface area contributed by atoms with Gasteiger partial charge in [0.1, 0.15) is 25.6 Å². The number of nitrogens with one attached hydrogen (secondary N) is 1. The number of amides is 3. The van der Waals surface area contributed by atoms with Crippen molar-refractivity contribution in [1.82, 2.24) is 9.88 Å². The van der Waals surface area contributed by atoms with E-state index in [2.05, 4.69) is 10.3 Å². The van der Waals surface area contributed by atoms with Crippen molar-refractivity contribution in [3.05, 3.63) is 42.1 Å². The molecule has 0 saturated carbocycles. The van der Waals surface area contributed by atoms with Crippen molar-refractivity contribution in [3.8, 4) is 11.5 Å². The van der Waals surface area contributed by atoms with Crippen LogP contribution in [0.25, 0.3) is 0 Å². The Morgan fingerprint density at radius 1 is 1.19 bits per heavy atom. The van der Waals surface area contributed by atoms with Crippen molar-refractivity contribution in [2.24, 2.45) is 0 Å². The number of carbonyl (C=O) groups is 2. The summed E-state index contributed by atoms with van der Waals surface area (Å²) in [5.74, 6) is 1.55. The van der Waals surface area contributed by atoms with Gasteiger partial charge in [0, 0.05) is 31.0 Å². The van der Waals surface area contributed by atoms with E-state index in [0.717, 1.165) is 11.3 Å². The van der Waals surface area contributed by atoms with Crippen molar-refractivity contribution in [2.75, 3.05) is 43.1 Å². The van der Waals surface area contributed by atoms with Crippen LogP contribution in [-0.2, 0) is 4.79 Å². The smallest absolute Gasteiger partial charge is 0.325 e. The van der Waals surface area contributed by atoms with Gasteiger partial charge < -0.3 is 19.7 Å². The first kappa shape index (κ1) is 17.1. The number of fused-ring (bicyclic) bond motifs is 1. The van der Waals surface area contributed by atoms with E-state index in [9.17, 15) is 9.59 Å². The molecule has 3 amide bonds. The average molecular weight is 368 g/mol. The van der Waals surface area contributed by atoms with E-state index in [-0.39, 0.29) is 18.5 Å². The second-order valence-electron chi connectivity index (χ2n) is 6.40. The monoisotopic (exact) mass is 368 g/mol. The SMILES string of the molecule is Cc1cccnc1NC(=O)CN1CCN(c2ccc3c(c2)OCCO3)C1=O. The van der Waals surface area contributed by atoms with Crippen molar-refractivity contribution < 1.29 is 19.1 Å². The van der Waals surface area contributed by atoms with Gasteiger partial charge >= 0.3 is 6.03 Å². The minimum absolute atomic E-state index is 0.0180. The van der Waals surface area contributed by atoms with Crippen molar-refractivity contribution in [1.29, 1.82) is 0 Å². The number of nitrogens with zero attached hydrogens (tertiary/aromatic N) is 3. The summed E-state index contributed by atoms with van der Waals surface area (Å²) in [6.45, 7) is 3.84. The molecule has 4 rings (SSSR count). The van der Waals surface area contributed by atoms with E-state index in [1.807, 2.05) is 19.1 Å². The predicted octanol–water partition coefficient (Wildman–Crippen LogP) is 2.04. The fourth-order valence-corrected chi connectivity index (χ4v) is 3.13.